The van der Waals surface area contributed by atoms with Crippen molar-refractivity contribution < 1.29 is 18.3 Å². The van der Waals surface area contributed by atoms with E-state index in [1.54, 1.807) is 7.11 Å². The molecule has 0 aromatic heterocycles. The summed E-state index contributed by atoms with van der Waals surface area (Å²) in [6.45, 7) is 4.53. The first-order chi connectivity index (χ1) is 7.68. The molecular weight excluding hydrogens is 227 g/mol. The number of hydrogen-bond donors (Lipinski definition) is 0. The molecule has 4 nitrogen and oxygen atoms in total. The third-order valence-electron chi connectivity index (χ3n) is 2.99. The molecule has 0 saturated heterocycles. The summed E-state index contributed by atoms with van der Waals surface area (Å²) < 4.78 is 28.8. The SMILES string of the molecule is CCOP(=O)(OCC)[C@H]1CCCC[C@H]1OC. The molecule has 0 heterocycles. The summed E-state index contributed by atoms with van der Waals surface area (Å²) in [4.78, 5) is 0. The molecule has 0 radical (unpaired) electrons. The van der Waals surface area contributed by atoms with Crippen LogP contribution in [0.25, 0.3) is 0 Å². The lowest BCUT2D eigenvalue weighted by molar-refractivity contribution is 0.0608. The third-order valence-corrected chi connectivity index (χ3v) is 5.63. The minimum atomic E-state index is -2.99. The van der Waals surface area contributed by atoms with Crippen molar-refractivity contribution >= 4 is 7.60 Å². The Balaban J connectivity index is 2.77. The molecule has 96 valence electrons. The molecule has 1 saturated carbocycles. The second kappa shape index (κ2) is 6.75. The molecule has 2 atom stereocenters. The highest BCUT2D eigenvalue weighted by molar-refractivity contribution is 7.54. The largest absolute Gasteiger partial charge is 0.380 e. The van der Waals surface area contributed by atoms with Gasteiger partial charge < -0.3 is 13.8 Å². The second-order valence-corrected chi connectivity index (χ2v) is 6.26. The fraction of sp³-hybridized carbons (Fsp3) is 1.00. The monoisotopic (exact) mass is 250 g/mol. The maximum atomic E-state index is 12.6. The average Bonchev–Trinajstić information content (AvgIpc) is 2.29. The molecule has 0 aromatic rings. The van der Waals surface area contributed by atoms with Crippen molar-refractivity contribution in [1.29, 1.82) is 0 Å². The molecule has 0 unspecified atom stereocenters. The molecule has 5 heteroatoms. The van der Waals surface area contributed by atoms with E-state index in [1.807, 2.05) is 13.8 Å². The number of hydrogen-bond acceptors (Lipinski definition) is 4. The fourth-order valence-corrected chi connectivity index (χ4v) is 4.66. The van der Waals surface area contributed by atoms with Gasteiger partial charge in [-0.3, -0.25) is 4.57 Å². The van der Waals surface area contributed by atoms with Crippen LogP contribution in [0.5, 0.6) is 0 Å². The lowest BCUT2D eigenvalue weighted by Crippen LogP contribution is -2.32. The first-order valence-corrected chi connectivity index (χ1v) is 7.70. The standard InChI is InChI=1S/C11H23O4P/c1-4-14-16(12,15-5-2)11-9-7-6-8-10(11)13-3/h10-11H,4-9H2,1-3H3/t10-,11+/m1/s1. The van der Waals surface area contributed by atoms with Crippen LogP contribution in [-0.4, -0.2) is 32.1 Å². The van der Waals surface area contributed by atoms with Crippen LogP contribution in [0.3, 0.4) is 0 Å². The van der Waals surface area contributed by atoms with Crippen molar-refractivity contribution in [3.63, 3.8) is 0 Å². The van der Waals surface area contributed by atoms with Crippen LogP contribution in [-0.2, 0) is 18.3 Å². The van der Waals surface area contributed by atoms with Gasteiger partial charge in [0.1, 0.15) is 0 Å². The molecular formula is C11H23O4P. The van der Waals surface area contributed by atoms with Gasteiger partial charge in [0.2, 0.25) is 0 Å². The van der Waals surface area contributed by atoms with E-state index in [1.165, 1.54) is 0 Å². The number of methoxy groups -OCH3 is 1. The maximum Gasteiger partial charge on any atom is 0.336 e. The molecule has 0 aromatic carbocycles. The van der Waals surface area contributed by atoms with E-state index < -0.39 is 7.60 Å². The summed E-state index contributed by atoms with van der Waals surface area (Å²) in [7, 11) is -1.32. The Morgan fingerprint density at radius 3 is 2.19 bits per heavy atom. The van der Waals surface area contributed by atoms with E-state index in [9.17, 15) is 4.57 Å². The zero-order valence-corrected chi connectivity index (χ0v) is 11.4. The predicted molar refractivity (Wildman–Crippen MR) is 63.9 cm³/mol. The molecule has 1 rings (SSSR count). The lowest BCUT2D eigenvalue weighted by atomic mass is 9.97. The molecule has 1 aliphatic carbocycles. The first kappa shape index (κ1) is 14.2. The van der Waals surface area contributed by atoms with Crippen LogP contribution in [0.2, 0.25) is 0 Å². The minimum Gasteiger partial charge on any atom is -0.380 e. The molecule has 0 aliphatic heterocycles. The molecule has 16 heavy (non-hydrogen) atoms. The zero-order chi connectivity index (χ0) is 12.0. The Kier molecular flexibility index (Phi) is 5.98. The Labute approximate surface area is 98.2 Å². The summed E-state index contributed by atoms with van der Waals surface area (Å²) in [6, 6.07) is 0. The highest BCUT2D eigenvalue weighted by Crippen LogP contribution is 2.57. The lowest BCUT2D eigenvalue weighted by Gasteiger charge is -2.34. The first-order valence-electron chi connectivity index (χ1n) is 6.09. The average molecular weight is 250 g/mol. The van der Waals surface area contributed by atoms with Crippen molar-refractivity contribution in [1.82, 2.24) is 0 Å². The van der Waals surface area contributed by atoms with E-state index >= 15 is 0 Å². The Hall–Kier alpha value is 0.110. The van der Waals surface area contributed by atoms with Crippen molar-refractivity contribution in [2.45, 2.75) is 51.3 Å². The van der Waals surface area contributed by atoms with Crippen LogP contribution in [0, 0.1) is 0 Å². The van der Waals surface area contributed by atoms with Gasteiger partial charge in [-0.1, -0.05) is 12.8 Å². The molecule has 1 fully saturated rings. The van der Waals surface area contributed by atoms with Crippen molar-refractivity contribution in [3.8, 4) is 0 Å². The van der Waals surface area contributed by atoms with E-state index in [2.05, 4.69) is 0 Å². The summed E-state index contributed by atoms with van der Waals surface area (Å²) >= 11 is 0. The summed E-state index contributed by atoms with van der Waals surface area (Å²) in [5, 5.41) is 0. The Bertz CT molecular complexity index is 234. The summed E-state index contributed by atoms with van der Waals surface area (Å²) in [5.41, 5.74) is -0.0915. The smallest absolute Gasteiger partial charge is 0.336 e. The Morgan fingerprint density at radius 2 is 1.69 bits per heavy atom. The predicted octanol–water partition coefficient (Wildman–Crippen LogP) is 3.21. The second-order valence-electron chi connectivity index (χ2n) is 4.00. The number of ether oxygens (including phenoxy) is 1. The van der Waals surface area contributed by atoms with Gasteiger partial charge in [0.25, 0.3) is 0 Å². The van der Waals surface area contributed by atoms with Gasteiger partial charge in [-0.25, -0.2) is 0 Å². The third kappa shape index (κ3) is 3.30. The topological polar surface area (TPSA) is 44.8 Å². The van der Waals surface area contributed by atoms with Crippen LogP contribution >= 0.6 is 7.60 Å². The van der Waals surface area contributed by atoms with Gasteiger partial charge in [-0.15, -0.1) is 0 Å². The molecule has 0 amide bonds. The maximum absolute atomic E-state index is 12.6. The van der Waals surface area contributed by atoms with Crippen LogP contribution in [0.15, 0.2) is 0 Å². The van der Waals surface area contributed by atoms with Crippen molar-refractivity contribution in [2.24, 2.45) is 0 Å². The van der Waals surface area contributed by atoms with E-state index in [0.717, 1.165) is 25.7 Å². The van der Waals surface area contributed by atoms with Crippen LogP contribution in [0.1, 0.15) is 39.5 Å². The quantitative estimate of drug-likeness (QED) is 0.679. The van der Waals surface area contributed by atoms with Crippen LogP contribution < -0.4 is 0 Å². The minimum absolute atomic E-state index is 0.0117. The van der Waals surface area contributed by atoms with Gasteiger partial charge in [-0.2, -0.15) is 0 Å². The van der Waals surface area contributed by atoms with Crippen molar-refractivity contribution in [2.75, 3.05) is 20.3 Å². The van der Waals surface area contributed by atoms with Crippen LogP contribution in [0.4, 0.5) is 0 Å². The van der Waals surface area contributed by atoms with Gasteiger partial charge in [0.15, 0.2) is 0 Å². The van der Waals surface area contributed by atoms with Gasteiger partial charge in [0.05, 0.1) is 25.0 Å². The Morgan fingerprint density at radius 1 is 1.12 bits per heavy atom. The number of rotatable bonds is 6. The van der Waals surface area contributed by atoms with E-state index in [-0.39, 0.29) is 11.8 Å². The summed E-state index contributed by atoms with van der Waals surface area (Å²) in [5.74, 6) is 0. The van der Waals surface area contributed by atoms with Gasteiger partial charge in [0, 0.05) is 7.11 Å². The van der Waals surface area contributed by atoms with Gasteiger partial charge in [-0.05, 0) is 26.7 Å². The zero-order valence-electron chi connectivity index (χ0n) is 10.5. The molecule has 0 N–H and O–H groups in total. The highest BCUT2D eigenvalue weighted by atomic mass is 31.2. The van der Waals surface area contributed by atoms with Crippen molar-refractivity contribution in [3.05, 3.63) is 0 Å². The molecule has 1 aliphatic rings. The molecule has 0 spiro atoms. The highest BCUT2D eigenvalue weighted by Gasteiger charge is 2.42. The molecule has 0 bridgehead atoms. The summed E-state index contributed by atoms with van der Waals surface area (Å²) in [6.07, 6.45) is 4.04. The fourth-order valence-electron chi connectivity index (χ4n) is 2.30. The van der Waals surface area contributed by atoms with E-state index in [0.29, 0.717) is 13.2 Å². The normalized spacial score (nSPS) is 26.9. The van der Waals surface area contributed by atoms with E-state index in [4.69, 9.17) is 13.8 Å². The van der Waals surface area contributed by atoms with Gasteiger partial charge >= 0.3 is 7.60 Å².